The van der Waals surface area contributed by atoms with E-state index in [1.807, 2.05) is 83.3 Å². The number of benzene rings is 5. The second-order valence-electron chi connectivity index (χ2n) is 11.7. The molecule has 0 aliphatic carbocycles. The largest absolute Gasteiger partial charge is 2.00 e. The molecule has 3 heterocycles. The summed E-state index contributed by atoms with van der Waals surface area (Å²) in [7, 11) is 0. The molecule has 0 unspecified atom stereocenters. The first-order valence-electron chi connectivity index (χ1n) is 15.1. The second-order valence-corrected chi connectivity index (χ2v) is 11.7. The third-order valence-electron chi connectivity index (χ3n) is 8.54. The molecule has 0 aliphatic rings. The molecule has 0 radical (unpaired) electrons. The van der Waals surface area contributed by atoms with Crippen molar-refractivity contribution in [3.05, 3.63) is 157 Å². The van der Waals surface area contributed by atoms with Gasteiger partial charge in [-0.15, -0.1) is 41.0 Å². The maximum absolute atomic E-state index is 14.8. The van der Waals surface area contributed by atoms with E-state index in [4.69, 9.17) is 14.9 Å². The van der Waals surface area contributed by atoms with E-state index in [2.05, 4.69) is 55.2 Å². The Morgan fingerprint density at radius 2 is 1.47 bits per heavy atom. The van der Waals surface area contributed by atoms with E-state index in [-0.39, 0.29) is 26.9 Å². The van der Waals surface area contributed by atoms with Crippen molar-refractivity contribution >= 4 is 27.3 Å². The van der Waals surface area contributed by atoms with Gasteiger partial charge in [-0.3, -0.25) is 0 Å². The number of ether oxygens (including phenoxy) is 1. The number of pyridine rings is 2. The zero-order valence-corrected chi connectivity index (χ0v) is 27.8. The van der Waals surface area contributed by atoms with Crippen molar-refractivity contribution in [1.29, 1.82) is 0 Å². The standard InChI is InChI=1S/C40H27FN4O.Pt/c1-40(2,27-13-10-14-30(23-27)46-37-17-8-9-22-42-37)28-18-20-32-34-25-29(41)19-21-36(34)45-38(43-44-39(45)35(32)24-28)33-16-7-6-15-31(33)26-11-4-3-5-12-26;/h3-22,25H,1-2H3;/q-2;+2. The van der Waals surface area contributed by atoms with Gasteiger partial charge in [0.1, 0.15) is 5.82 Å². The van der Waals surface area contributed by atoms with Gasteiger partial charge in [0, 0.05) is 29.1 Å². The minimum atomic E-state index is -0.506. The maximum Gasteiger partial charge on any atom is 2.00 e. The molecule has 0 fully saturated rings. The molecule has 0 atom stereocenters. The van der Waals surface area contributed by atoms with E-state index in [0.29, 0.717) is 23.1 Å². The van der Waals surface area contributed by atoms with Crippen LogP contribution in [-0.4, -0.2) is 19.6 Å². The van der Waals surface area contributed by atoms with Gasteiger partial charge in [0.05, 0.1) is 5.65 Å². The fourth-order valence-corrected chi connectivity index (χ4v) is 6.11. The quantitative estimate of drug-likeness (QED) is 0.124. The molecule has 7 heteroatoms. The molecule has 0 saturated heterocycles. The fraction of sp³-hybridized carbons (Fsp3) is 0.0750. The summed E-state index contributed by atoms with van der Waals surface area (Å²) in [5.41, 5.74) is 5.87. The first-order chi connectivity index (χ1) is 22.5. The predicted octanol–water partition coefficient (Wildman–Crippen LogP) is 9.62. The molecule has 0 bridgehead atoms. The SMILES string of the molecule is CC(C)(c1[c-]c(Oc2ccccn2)ccc1)c1[c-]c2c(cc1)c1cc(F)ccc1n1c(-c3ccccc3-c3ccccc3)nnc21.[Pt+2]. The van der Waals surface area contributed by atoms with Crippen LogP contribution in [0.25, 0.3) is 49.8 Å². The van der Waals surface area contributed by atoms with Crippen molar-refractivity contribution in [1.82, 2.24) is 19.6 Å². The number of nitrogens with zero attached hydrogens (tertiary/aromatic N) is 4. The van der Waals surface area contributed by atoms with Gasteiger partial charge < -0.3 is 9.14 Å². The zero-order chi connectivity index (χ0) is 31.3. The van der Waals surface area contributed by atoms with Crippen LogP contribution in [0.4, 0.5) is 4.39 Å². The van der Waals surface area contributed by atoms with Crippen LogP contribution in [0.2, 0.25) is 0 Å². The summed E-state index contributed by atoms with van der Waals surface area (Å²) in [6, 6.07) is 45.8. The third-order valence-corrected chi connectivity index (χ3v) is 8.54. The molecule has 8 rings (SSSR count). The first kappa shape index (κ1) is 30.5. The number of halogens is 1. The molecule has 3 aromatic heterocycles. The average Bonchev–Trinajstić information content (AvgIpc) is 3.54. The van der Waals surface area contributed by atoms with Gasteiger partial charge in [-0.25, -0.2) is 9.37 Å². The van der Waals surface area contributed by atoms with E-state index in [1.165, 1.54) is 6.07 Å². The fourth-order valence-electron chi connectivity index (χ4n) is 6.11. The van der Waals surface area contributed by atoms with E-state index in [0.717, 1.165) is 49.5 Å². The van der Waals surface area contributed by atoms with Crippen molar-refractivity contribution in [3.8, 4) is 34.1 Å². The first-order valence-corrected chi connectivity index (χ1v) is 15.1. The van der Waals surface area contributed by atoms with Crippen LogP contribution in [0.5, 0.6) is 11.6 Å². The van der Waals surface area contributed by atoms with E-state index >= 15 is 0 Å². The summed E-state index contributed by atoms with van der Waals surface area (Å²) in [5, 5.41) is 11.9. The molecule has 0 spiro atoms. The van der Waals surface area contributed by atoms with Crippen LogP contribution >= 0.6 is 0 Å². The summed E-state index contributed by atoms with van der Waals surface area (Å²) in [6.07, 6.45) is 1.69. The van der Waals surface area contributed by atoms with Crippen molar-refractivity contribution in [2.75, 3.05) is 0 Å². The molecule has 8 aromatic rings. The number of hydrogen-bond donors (Lipinski definition) is 0. The molecule has 0 aliphatic heterocycles. The molecule has 0 N–H and O–H groups in total. The summed E-state index contributed by atoms with van der Waals surface area (Å²) in [6.45, 7) is 4.26. The van der Waals surface area contributed by atoms with Crippen LogP contribution in [-0.2, 0) is 26.5 Å². The van der Waals surface area contributed by atoms with E-state index in [9.17, 15) is 4.39 Å². The topological polar surface area (TPSA) is 52.3 Å². The Morgan fingerprint density at radius 1 is 0.702 bits per heavy atom. The second kappa shape index (κ2) is 12.2. The van der Waals surface area contributed by atoms with Gasteiger partial charge in [-0.2, -0.15) is 22.8 Å². The maximum atomic E-state index is 14.8. The number of hydrogen-bond acceptors (Lipinski definition) is 4. The van der Waals surface area contributed by atoms with Crippen molar-refractivity contribution in [3.63, 3.8) is 0 Å². The number of fused-ring (bicyclic) bond motifs is 6. The summed E-state index contributed by atoms with van der Waals surface area (Å²) >= 11 is 0. The Bertz CT molecular complexity index is 2390. The minimum absolute atomic E-state index is 0. The normalized spacial score (nSPS) is 11.6. The zero-order valence-electron chi connectivity index (χ0n) is 25.5. The van der Waals surface area contributed by atoms with Crippen LogP contribution in [0.1, 0.15) is 25.0 Å². The van der Waals surface area contributed by atoms with Gasteiger partial charge >= 0.3 is 21.1 Å². The average molecular weight is 794 g/mol. The minimum Gasteiger partial charge on any atom is -0.466 e. The molecule has 5 aromatic carbocycles. The van der Waals surface area contributed by atoms with Crippen molar-refractivity contribution < 1.29 is 30.2 Å². The van der Waals surface area contributed by atoms with Gasteiger partial charge in [0.15, 0.2) is 5.82 Å². The molecule has 0 saturated carbocycles. The molecule has 47 heavy (non-hydrogen) atoms. The van der Waals surface area contributed by atoms with Crippen molar-refractivity contribution in [2.24, 2.45) is 0 Å². The van der Waals surface area contributed by atoms with Crippen LogP contribution < -0.4 is 4.74 Å². The van der Waals surface area contributed by atoms with Crippen molar-refractivity contribution in [2.45, 2.75) is 19.3 Å². The van der Waals surface area contributed by atoms with Gasteiger partial charge in [-0.05, 0) is 46.2 Å². The predicted molar refractivity (Wildman–Crippen MR) is 179 cm³/mol. The summed E-state index contributed by atoms with van der Waals surface area (Å²) in [4.78, 5) is 4.27. The van der Waals surface area contributed by atoms with Gasteiger partial charge in [0.25, 0.3) is 0 Å². The molecular weight excluding hydrogens is 767 g/mol. The molecule has 0 amide bonds. The Kier molecular flexibility index (Phi) is 7.91. The summed E-state index contributed by atoms with van der Waals surface area (Å²) in [5.74, 6) is 1.45. The molecular formula is C40H27FN4OPt. The van der Waals surface area contributed by atoms with Gasteiger partial charge in [-0.1, -0.05) is 85.3 Å². The van der Waals surface area contributed by atoms with E-state index < -0.39 is 5.41 Å². The van der Waals surface area contributed by atoms with E-state index in [1.54, 1.807) is 18.3 Å². The van der Waals surface area contributed by atoms with Crippen LogP contribution in [0, 0.1) is 17.9 Å². The van der Waals surface area contributed by atoms with Crippen LogP contribution in [0.15, 0.2) is 128 Å². The third kappa shape index (κ3) is 5.39. The molecule has 5 nitrogen and oxygen atoms in total. The Morgan fingerprint density at radius 3 is 2.28 bits per heavy atom. The smallest absolute Gasteiger partial charge is 0.466 e. The Balaban J connectivity index is 0.00000351. The molecule has 230 valence electrons. The Labute approximate surface area is 286 Å². The van der Waals surface area contributed by atoms with Gasteiger partial charge in [0.2, 0.25) is 5.88 Å². The number of aromatic nitrogens is 4. The monoisotopic (exact) mass is 793 g/mol. The Hall–Kier alpha value is -5.19. The summed E-state index contributed by atoms with van der Waals surface area (Å²) < 4.78 is 22.8. The van der Waals surface area contributed by atoms with Crippen LogP contribution in [0.3, 0.4) is 0 Å². The number of rotatable bonds is 6.